The zero-order valence-corrected chi connectivity index (χ0v) is 12.1. The van der Waals surface area contributed by atoms with E-state index >= 15 is 0 Å². The molecule has 1 fully saturated rings. The third-order valence-corrected chi connectivity index (χ3v) is 4.69. The van der Waals surface area contributed by atoms with Crippen LogP contribution in [-0.2, 0) is 0 Å². The van der Waals surface area contributed by atoms with Gasteiger partial charge in [0.25, 0.3) is 0 Å². The Morgan fingerprint density at radius 2 is 1.56 bits per heavy atom. The molecule has 1 heteroatoms. The van der Waals surface area contributed by atoms with Crippen molar-refractivity contribution in [1.82, 2.24) is 5.32 Å². The van der Waals surface area contributed by atoms with E-state index in [-0.39, 0.29) is 0 Å². The van der Waals surface area contributed by atoms with Crippen LogP contribution in [0.4, 0.5) is 0 Å². The van der Waals surface area contributed by atoms with E-state index in [1.165, 1.54) is 25.7 Å². The molecular formula is C15H31N. The maximum absolute atomic E-state index is 3.75. The second-order valence-electron chi connectivity index (χ2n) is 6.66. The van der Waals surface area contributed by atoms with Gasteiger partial charge in [-0.05, 0) is 36.5 Å². The van der Waals surface area contributed by atoms with Crippen molar-refractivity contribution in [1.29, 1.82) is 0 Å². The summed E-state index contributed by atoms with van der Waals surface area (Å²) in [5, 5.41) is 3.75. The Balaban J connectivity index is 2.71. The minimum Gasteiger partial charge on any atom is -0.312 e. The van der Waals surface area contributed by atoms with Gasteiger partial charge in [-0.15, -0.1) is 0 Å². The smallest absolute Gasteiger partial charge is 0.00749 e. The van der Waals surface area contributed by atoms with Crippen LogP contribution in [0.5, 0.6) is 0 Å². The van der Waals surface area contributed by atoms with E-state index in [0.717, 1.165) is 17.9 Å². The van der Waals surface area contributed by atoms with Crippen molar-refractivity contribution < 1.29 is 0 Å². The topological polar surface area (TPSA) is 12.0 Å². The molecule has 1 saturated carbocycles. The van der Waals surface area contributed by atoms with Crippen molar-refractivity contribution in [2.24, 2.45) is 17.3 Å². The SMILES string of the molecule is CC(C)NC1CCCC(C(C)C)(C(C)C)C1. The molecular weight excluding hydrogens is 194 g/mol. The monoisotopic (exact) mass is 225 g/mol. The predicted octanol–water partition coefficient (Wildman–Crippen LogP) is 4.23. The lowest BCUT2D eigenvalue weighted by atomic mass is 9.60. The van der Waals surface area contributed by atoms with Gasteiger partial charge in [-0.2, -0.15) is 0 Å². The first-order valence-electron chi connectivity index (χ1n) is 7.14. The summed E-state index contributed by atoms with van der Waals surface area (Å²) in [4.78, 5) is 0. The van der Waals surface area contributed by atoms with Gasteiger partial charge in [0, 0.05) is 12.1 Å². The normalized spacial score (nSPS) is 25.7. The van der Waals surface area contributed by atoms with E-state index in [1.807, 2.05) is 0 Å². The molecule has 1 aliphatic rings. The summed E-state index contributed by atoms with van der Waals surface area (Å²) in [5.41, 5.74) is 0.574. The van der Waals surface area contributed by atoms with Crippen molar-refractivity contribution >= 4 is 0 Å². The van der Waals surface area contributed by atoms with Gasteiger partial charge in [0.2, 0.25) is 0 Å². The lowest BCUT2D eigenvalue weighted by Gasteiger charge is -2.48. The number of hydrogen-bond donors (Lipinski definition) is 1. The fraction of sp³-hybridized carbons (Fsp3) is 1.00. The number of nitrogens with one attached hydrogen (secondary N) is 1. The van der Waals surface area contributed by atoms with Crippen LogP contribution in [0.2, 0.25) is 0 Å². The van der Waals surface area contributed by atoms with Gasteiger partial charge < -0.3 is 5.32 Å². The van der Waals surface area contributed by atoms with Crippen molar-refractivity contribution in [2.75, 3.05) is 0 Å². The van der Waals surface area contributed by atoms with Crippen LogP contribution in [0.1, 0.15) is 67.2 Å². The Hall–Kier alpha value is -0.0400. The first-order chi connectivity index (χ1) is 7.38. The van der Waals surface area contributed by atoms with Crippen LogP contribution in [0.25, 0.3) is 0 Å². The van der Waals surface area contributed by atoms with Crippen LogP contribution in [0.15, 0.2) is 0 Å². The van der Waals surface area contributed by atoms with Crippen LogP contribution >= 0.6 is 0 Å². The van der Waals surface area contributed by atoms with E-state index < -0.39 is 0 Å². The molecule has 0 saturated heterocycles. The fourth-order valence-electron chi connectivity index (χ4n) is 3.67. The quantitative estimate of drug-likeness (QED) is 0.755. The second-order valence-corrected chi connectivity index (χ2v) is 6.66. The van der Waals surface area contributed by atoms with Crippen molar-refractivity contribution in [3.63, 3.8) is 0 Å². The van der Waals surface area contributed by atoms with Crippen LogP contribution < -0.4 is 5.32 Å². The van der Waals surface area contributed by atoms with Gasteiger partial charge in [0.15, 0.2) is 0 Å². The summed E-state index contributed by atoms with van der Waals surface area (Å²) in [5.74, 6) is 1.62. The van der Waals surface area contributed by atoms with Gasteiger partial charge in [0.1, 0.15) is 0 Å². The van der Waals surface area contributed by atoms with E-state index in [9.17, 15) is 0 Å². The zero-order valence-electron chi connectivity index (χ0n) is 12.1. The molecule has 96 valence electrons. The summed E-state index contributed by atoms with van der Waals surface area (Å²) in [6.45, 7) is 14.2. The van der Waals surface area contributed by atoms with Crippen LogP contribution in [0, 0.1) is 17.3 Å². The summed E-state index contributed by atoms with van der Waals surface area (Å²) < 4.78 is 0. The maximum atomic E-state index is 3.75. The molecule has 0 aromatic heterocycles. The van der Waals surface area contributed by atoms with Crippen LogP contribution in [-0.4, -0.2) is 12.1 Å². The Bertz CT molecular complexity index is 197. The Morgan fingerprint density at radius 1 is 1.00 bits per heavy atom. The molecule has 16 heavy (non-hydrogen) atoms. The summed E-state index contributed by atoms with van der Waals surface area (Å²) in [6, 6.07) is 1.37. The standard InChI is InChI=1S/C15H31N/c1-11(2)15(12(3)4)9-7-8-14(10-15)16-13(5)6/h11-14,16H,7-10H2,1-6H3. The molecule has 0 amide bonds. The highest BCUT2D eigenvalue weighted by Gasteiger charge is 2.41. The summed E-state index contributed by atoms with van der Waals surface area (Å²) >= 11 is 0. The van der Waals surface area contributed by atoms with Crippen molar-refractivity contribution in [3.05, 3.63) is 0 Å². The van der Waals surface area contributed by atoms with E-state index in [1.54, 1.807) is 0 Å². The molecule has 0 aromatic rings. The highest BCUT2D eigenvalue weighted by atomic mass is 14.9. The molecule has 0 spiro atoms. The van der Waals surface area contributed by atoms with Crippen LogP contribution in [0.3, 0.4) is 0 Å². The Labute approximate surface area is 102 Å². The predicted molar refractivity (Wildman–Crippen MR) is 72.6 cm³/mol. The molecule has 0 aliphatic heterocycles. The first-order valence-corrected chi connectivity index (χ1v) is 7.14. The van der Waals surface area contributed by atoms with Gasteiger partial charge in [-0.3, -0.25) is 0 Å². The lowest BCUT2D eigenvalue weighted by Crippen LogP contribution is -2.46. The van der Waals surface area contributed by atoms with Gasteiger partial charge in [-0.1, -0.05) is 48.0 Å². The molecule has 1 unspecified atom stereocenters. The Kier molecular flexibility index (Phi) is 4.85. The van der Waals surface area contributed by atoms with Gasteiger partial charge in [-0.25, -0.2) is 0 Å². The van der Waals surface area contributed by atoms with Crippen molar-refractivity contribution in [3.8, 4) is 0 Å². The Morgan fingerprint density at radius 3 is 2.00 bits per heavy atom. The highest BCUT2D eigenvalue weighted by Crippen LogP contribution is 2.48. The zero-order chi connectivity index (χ0) is 12.3. The third-order valence-electron chi connectivity index (χ3n) is 4.69. The average Bonchev–Trinajstić information content (AvgIpc) is 2.16. The molecule has 0 heterocycles. The largest absolute Gasteiger partial charge is 0.312 e. The highest BCUT2D eigenvalue weighted by molar-refractivity contribution is 4.93. The van der Waals surface area contributed by atoms with E-state index in [0.29, 0.717) is 11.5 Å². The number of rotatable bonds is 4. The van der Waals surface area contributed by atoms with Gasteiger partial charge in [0.05, 0.1) is 0 Å². The molecule has 1 nitrogen and oxygen atoms in total. The third kappa shape index (κ3) is 3.00. The average molecular weight is 225 g/mol. The minimum atomic E-state index is 0.574. The molecule has 1 rings (SSSR count). The second kappa shape index (κ2) is 5.53. The molecule has 0 bridgehead atoms. The van der Waals surface area contributed by atoms with E-state index in [4.69, 9.17) is 0 Å². The van der Waals surface area contributed by atoms with E-state index in [2.05, 4.69) is 46.9 Å². The number of hydrogen-bond acceptors (Lipinski definition) is 1. The first kappa shape index (κ1) is 14.0. The molecule has 0 aromatic carbocycles. The lowest BCUT2D eigenvalue weighted by molar-refractivity contribution is 0.0397. The molecule has 0 radical (unpaired) electrons. The summed E-state index contributed by atoms with van der Waals surface area (Å²) in [6.07, 6.45) is 5.58. The molecule has 1 atom stereocenters. The molecule has 1 N–H and O–H groups in total. The summed E-state index contributed by atoms with van der Waals surface area (Å²) in [7, 11) is 0. The van der Waals surface area contributed by atoms with Crippen molar-refractivity contribution in [2.45, 2.75) is 79.3 Å². The van der Waals surface area contributed by atoms with Gasteiger partial charge >= 0.3 is 0 Å². The maximum Gasteiger partial charge on any atom is 0.00749 e. The fourth-order valence-corrected chi connectivity index (χ4v) is 3.67. The molecule has 1 aliphatic carbocycles. The minimum absolute atomic E-state index is 0.574.